The van der Waals surface area contributed by atoms with Gasteiger partial charge in [-0.05, 0) is 31.0 Å². The van der Waals surface area contributed by atoms with Crippen molar-refractivity contribution in [2.45, 2.75) is 31.7 Å². The number of piperazine rings is 2. The van der Waals surface area contributed by atoms with Gasteiger partial charge in [-0.25, -0.2) is 0 Å². The van der Waals surface area contributed by atoms with E-state index < -0.39 is 0 Å². The number of carbonyl (C=O) groups excluding carboxylic acids is 1. The maximum Gasteiger partial charge on any atom is 0.236 e. The minimum Gasteiger partial charge on any atom is -0.369 e. The first-order valence-electron chi connectivity index (χ1n) is 10.5. The van der Waals surface area contributed by atoms with Crippen LogP contribution in [0, 0.1) is 0 Å². The van der Waals surface area contributed by atoms with E-state index in [1.54, 1.807) is 0 Å². The topological polar surface area (TPSA) is 30.0 Å². The standard InChI is InChI=1S/C21H30Cl2N4O/c22-19-6-5-18(15-20(19)23)26-9-7-24(8-10-26)16-21(28)27-13-11-25(12-14-27)17-3-1-2-4-17/h5-6,15,17H,1-4,7-14,16H2. The van der Waals surface area contributed by atoms with Crippen LogP contribution in [0.25, 0.3) is 0 Å². The van der Waals surface area contributed by atoms with E-state index in [9.17, 15) is 4.79 Å². The van der Waals surface area contributed by atoms with Gasteiger partial charge in [-0.1, -0.05) is 36.0 Å². The molecule has 154 valence electrons. The summed E-state index contributed by atoms with van der Waals surface area (Å²) in [6.07, 6.45) is 5.43. The van der Waals surface area contributed by atoms with E-state index in [4.69, 9.17) is 23.2 Å². The molecule has 0 radical (unpaired) electrons. The van der Waals surface area contributed by atoms with Crippen molar-refractivity contribution in [3.63, 3.8) is 0 Å². The van der Waals surface area contributed by atoms with Crippen LogP contribution in [0.2, 0.25) is 10.0 Å². The molecule has 0 spiro atoms. The number of hydrogen-bond donors (Lipinski definition) is 0. The predicted molar refractivity (Wildman–Crippen MR) is 116 cm³/mol. The zero-order chi connectivity index (χ0) is 19.5. The largest absolute Gasteiger partial charge is 0.369 e. The van der Waals surface area contributed by atoms with Crippen LogP contribution in [0.5, 0.6) is 0 Å². The Labute approximate surface area is 178 Å². The Balaban J connectivity index is 1.21. The highest BCUT2D eigenvalue weighted by atomic mass is 35.5. The maximum absolute atomic E-state index is 12.7. The lowest BCUT2D eigenvalue weighted by Crippen LogP contribution is -2.55. The summed E-state index contributed by atoms with van der Waals surface area (Å²) in [6.45, 7) is 8.00. The van der Waals surface area contributed by atoms with Crippen molar-refractivity contribution in [2.24, 2.45) is 0 Å². The van der Waals surface area contributed by atoms with Crippen LogP contribution in [0.4, 0.5) is 5.69 Å². The second kappa shape index (κ2) is 9.21. The second-order valence-electron chi connectivity index (χ2n) is 8.22. The molecular weight excluding hydrogens is 395 g/mol. The summed E-state index contributed by atoms with van der Waals surface area (Å²) in [6, 6.07) is 6.56. The van der Waals surface area contributed by atoms with Crippen LogP contribution < -0.4 is 4.90 Å². The molecule has 2 heterocycles. The van der Waals surface area contributed by atoms with Crippen molar-refractivity contribution in [3.8, 4) is 0 Å². The first-order chi connectivity index (χ1) is 13.6. The normalized spacial score (nSPS) is 22.8. The highest BCUT2D eigenvalue weighted by molar-refractivity contribution is 6.42. The van der Waals surface area contributed by atoms with Gasteiger partial charge in [-0.2, -0.15) is 0 Å². The predicted octanol–water partition coefficient (Wildman–Crippen LogP) is 3.20. The minimum atomic E-state index is 0.286. The molecule has 5 nitrogen and oxygen atoms in total. The Hall–Kier alpha value is -1.01. The van der Waals surface area contributed by atoms with Gasteiger partial charge in [0.1, 0.15) is 0 Å². The summed E-state index contributed by atoms with van der Waals surface area (Å²) in [4.78, 5) is 22.0. The lowest BCUT2D eigenvalue weighted by Gasteiger charge is -2.40. The first kappa shape index (κ1) is 20.3. The van der Waals surface area contributed by atoms with E-state index in [1.165, 1.54) is 25.7 Å². The third-order valence-electron chi connectivity index (χ3n) is 6.51. The fraction of sp³-hybridized carbons (Fsp3) is 0.667. The fourth-order valence-corrected chi connectivity index (χ4v) is 5.04. The number of hydrogen-bond acceptors (Lipinski definition) is 4. The molecule has 1 aliphatic carbocycles. The number of rotatable bonds is 4. The van der Waals surface area contributed by atoms with E-state index >= 15 is 0 Å². The molecule has 7 heteroatoms. The highest BCUT2D eigenvalue weighted by Crippen LogP contribution is 2.28. The van der Waals surface area contributed by atoms with Crippen LogP contribution in [0.3, 0.4) is 0 Å². The average molecular weight is 425 g/mol. The number of halogens is 2. The van der Waals surface area contributed by atoms with Gasteiger partial charge >= 0.3 is 0 Å². The van der Waals surface area contributed by atoms with Crippen LogP contribution >= 0.6 is 23.2 Å². The fourth-order valence-electron chi connectivity index (χ4n) is 4.74. The average Bonchev–Trinajstić information content (AvgIpc) is 3.26. The molecule has 3 aliphatic rings. The van der Waals surface area contributed by atoms with E-state index in [2.05, 4.69) is 19.6 Å². The van der Waals surface area contributed by atoms with Gasteiger partial charge in [-0.3, -0.25) is 14.6 Å². The molecule has 0 N–H and O–H groups in total. The Morgan fingerprint density at radius 2 is 1.57 bits per heavy atom. The van der Waals surface area contributed by atoms with E-state index in [0.29, 0.717) is 16.6 Å². The summed E-state index contributed by atoms with van der Waals surface area (Å²) in [5.74, 6) is 0.286. The third-order valence-corrected chi connectivity index (χ3v) is 7.25. The van der Waals surface area contributed by atoms with Gasteiger partial charge < -0.3 is 9.80 Å². The number of anilines is 1. The smallest absolute Gasteiger partial charge is 0.236 e. The van der Waals surface area contributed by atoms with Crippen molar-refractivity contribution in [1.29, 1.82) is 0 Å². The molecule has 0 bridgehead atoms. The van der Waals surface area contributed by atoms with Crippen molar-refractivity contribution in [2.75, 3.05) is 63.8 Å². The lowest BCUT2D eigenvalue weighted by atomic mass is 10.2. The summed E-state index contributed by atoms with van der Waals surface area (Å²) in [5, 5.41) is 1.18. The van der Waals surface area contributed by atoms with Crippen molar-refractivity contribution in [1.82, 2.24) is 14.7 Å². The van der Waals surface area contributed by atoms with E-state index in [1.807, 2.05) is 18.2 Å². The second-order valence-corrected chi connectivity index (χ2v) is 9.03. The van der Waals surface area contributed by atoms with Crippen LogP contribution in [-0.2, 0) is 4.79 Å². The molecule has 1 amide bonds. The zero-order valence-corrected chi connectivity index (χ0v) is 18.0. The van der Waals surface area contributed by atoms with Gasteiger partial charge in [0.15, 0.2) is 0 Å². The molecule has 2 saturated heterocycles. The molecule has 1 aromatic carbocycles. The van der Waals surface area contributed by atoms with Crippen molar-refractivity contribution >= 4 is 34.8 Å². The van der Waals surface area contributed by atoms with Crippen LogP contribution in [0.1, 0.15) is 25.7 Å². The number of carbonyl (C=O) groups is 1. The molecule has 1 saturated carbocycles. The maximum atomic E-state index is 12.7. The summed E-state index contributed by atoms with van der Waals surface area (Å²) >= 11 is 12.2. The number of nitrogens with zero attached hydrogens (tertiary/aromatic N) is 4. The van der Waals surface area contributed by atoms with Crippen molar-refractivity contribution < 1.29 is 4.79 Å². The number of amides is 1. The Bertz CT molecular complexity index is 679. The molecule has 0 atom stereocenters. The molecule has 28 heavy (non-hydrogen) atoms. The zero-order valence-electron chi connectivity index (χ0n) is 16.5. The van der Waals surface area contributed by atoms with Gasteiger partial charge in [0.2, 0.25) is 5.91 Å². The number of benzene rings is 1. The monoisotopic (exact) mass is 424 g/mol. The quantitative estimate of drug-likeness (QED) is 0.741. The van der Waals surface area contributed by atoms with Gasteiger partial charge in [-0.15, -0.1) is 0 Å². The van der Waals surface area contributed by atoms with Crippen LogP contribution in [-0.4, -0.2) is 85.6 Å². The Morgan fingerprint density at radius 3 is 2.21 bits per heavy atom. The molecular formula is C21H30Cl2N4O. The minimum absolute atomic E-state index is 0.286. The third kappa shape index (κ3) is 4.76. The van der Waals surface area contributed by atoms with E-state index in [-0.39, 0.29) is 5.91 Å². The summed E-state index contributed by atoms with van der Waals surface area (Å²) in [7, 11) is 0. The van der Waals surface area contributed by atoms with E-state index in [0.717, 1.165) is 64.1 Å². The van der Waals surface area contributed by atoms with Gasteiger partial charge in [0.05, 0.1) is 16.6 Å². The Morgan fingerprint density at radius 1 is 0.893 bits per heavy atom. The molecule has 2 aliphatic heterocycles. The summed E-state index contributed by atoms with van der Waals surface area (Å²) < 4.78 is 0. The molecule has 1 aromatic rings. The summed E-state index contributed by atoms with van der Waals surface area (Å²) in [5.41, 5.74) is 1.10. The SMILES string of the molecule is O=C(CN1CCN(c2ccc(Cl)c(Cl)c2)CC1)N1CCN(C2CCCC2)CC1. The highest BCUT2D eigenvalue weighted by Gasteiger charge is 2.29. The molecule has 4 rings (SSSR count). The molecule has 0 aromatic heterocycles. The van der Waals surface area contributed by atoms with Crippen molar-refractivity contribution in [3.05, 3.63) is 28.2 Å². The first-order valence-corrected chi connectivity index (χ1v) is 11.3. The molecule has 3 fully saturated rings. The van der Waals surface area contributed by atoms with Gasteiger partial charge in [0.25, 0.3) is 0 Å². The van der Waals surface area contributed by atoms with Gasteiger partial charge in [0, 0.05) is 64.1 Å². The van der Waals surface area contributed by atoms with Crippen LogP contribution in [0.15, 0.2) is 18.2 Å². The Kier molecular flexibility index (Phi) is 6.66. The lowest BCUT2D eigenvalue weighted by molar-refractivity contribution is -0.134. The molecule has 0 unspecified atom stereocenters.